The smallest absolute Gasteiger partial charge is 0.337 e. The molecule has 0 heterocycles. The van der Waals surface area contributed by atoms with Gasteiger partial charge in [0.25, 0.3) is 0 Å². The highest BCUT2D eigenvalue weighted by molar-refractivity contribution is 6.33. The quantitative estimate of drug-likeness (QED) is 0.669. The minimum atomic E-state index is -1.11. The number of hydrogen-bond donors (Lipinski definition) is 2. The van der Waals surface area contributed by atoms with E-state index in [1.165, 1.54) is 30.5 Å². The molecule has 0 aliphatic heterocycles. The largest absolute Gasteiger partial charge is 0.872 e. The lowest BCUT2D eigenvalue weighted by Crippen LogP contribution is -1.99. The molecule has 0 aromatic heterocycles. The fourth-order valence-corrected chi connectivity index (χ4v) is 1.73. The molecule has 2 rings (SSSR count). The summed E-state index contributed by atoms with van der Waals surface area (Å²) in [6, 6.07) is 10.7. The van der Waals surface area contributed by atoms with Gasteiger partial charge in [-0.15, -0.1) is 5.75 Å². The number of benzene rings is 2. The standard InChI is InChI=1S/C14H11ClN2O3/c15-13-5-4-10(7-12(13)14(19)20)17-16-8-9-2-1-3-11(18)6-9/h1-8,17-18H,(H,19,20)/p-1/b16-8-. The lowest BCUT2D eigenvalue weighted by Gasteiger charge is -2.05. The molecule has 0 bridgehead atoms. The first kappa shape index (κ1) is 13.9. The second-order valence-electron chi connectivity index (χ2n) is 3.94. The van der Waals surface area contributed by atoms with Gasteiger partial charge in [0.15, 0.2) is 0 Å². The maximum Gasteiger partial charge on any atom is 0.337 e. The number of carboxylic acids is 1. The van der Waals surface area contributed by atoms with Crippen LogP contribution in [0.3, 0.4) is 0 Å². The van der Waals surface area contributed by atoms with Crippen molar-refractivity contribution in [1.29, 1.82) is 0 Å². The van der Waals surface area contributed by atoms with Gasteiger partial charge in [0, 0.05) is 0 Å². The number of nitrogens with one attached hydrogen (secondary N) is 1. The third-order valence-corrected chi connectivity index (χ3v) is 2.79. The van der Waals surface area contributed by atoms with Crippen LogP contribution in [0, 0.1) is 0 Å². The average molecular weight is 290 g/mol. The van der Waals surface area contributed by atoms with Gasteiger partial charge in [0.1, 0.15) is 0 Å². The molecular formula is C14H10ClN2O3-. The van der Waals surface area contributed by atoms with E-state index in [1.54, 1.807) is 18.2 Å². The van der Waals surface area contributed by atoms with Gasteiger partial charge >= 0.3 is 5.97 Å². The zero-order valence-corrected chi connectivity index (χ0v) is 11.0. The SMILES string of the molecule is O=C(O)c1cc(N/N=C\c2cccc([O-])c2)ccc1Cl. The second-order valence-corrected chi connectivity index (χ2v) is 4.35. The summed E-state index contributed by atoms with van der Waals surface area (Å²) in [4.78, 5) is 10.9. The van der Waals surface area contributed by atoms with Crippen molar-refractivity contribution in [2.75, 3.05) is 5.43 Å². The molecule has 0 saturated carbocycles. The number of halogens is 1. The maximum atomic E-state index is 11.1. The van der Waals surface area contributed by atoms with Crippen LogP contribution in [0.4, 0.5) is 5.69 Å². The molecule has 2 aromatic rings. The highest BCUT2D eigenvalue weighted by Gasteiger charge is 2.08. The predicted molar refractivity (Wildman–Crippen MR) is 75.5 cm³/mol. The molecule has 2 aromatic carbocycles. The predicted octanol–water partition coefficient (Wildman–Crippen LogP) is 2.56. The summed E-state index contributed by atoms with van der Waals surface area (Å²) in [6.07, 6.45) is 1.47. The summed E-state index contributed by atoms with van der Waals surface area (Å²) < 4.78 is 0. The van der Waals surface area contributed by atoms with Crippen molar-refractivity contribution in [3.63, 3.8) is 0 Å². The molecule has 5 nitrogen and oxygen atoms in total. The molecule has 0 spiro atoms. The summed E-state index contributed by atoms with van der Waals surface area (Å²) in [5.74, 6) is -1.21. The third kappa shape index (κ3) is 3.49. The van der Waals surface area contributed by atoms with Crippen molar-refractivity contribution < 1.29 is 15.0 Å². The Morgan fingerprint density at radius 1 is 1.30 bits per heavy atom. The van der Waals surface area contributed by atoms with Gasteiger partial charge in [-0.1, -0.05) is 35.9 Å². The molecule has 20 heavy (non-hydrogen) atoms. The summed E-state index contributed by atoms with van der Waals surface area (Å²) in [5, 5.41) is 24.1. The van der Waals surface area contributed by atoms with Crippen molar-refractivity contribution in [2.24, 2.45) is 5.10 Å². The van der Waals surface area contributed by atoms with Crippen LogP contribution in [0.15, 0.2) is 47.6 Å². The molecule has 0 amide bonds. The molecule has 6 heteroatoms. The van der Waals surface area contributed by atoms with E-state index >= 15 is 0 Å². The summed E-state index contributed by atoms with van der Waals surface area (Å²) in [6.45, 7) is 0. The van der Waals surface area contributed by atoms with Gasteiger partial charge in [-0.3, -0.25) is 5.43 Å². The van der Waals surface area contributed by atoms with Crippen LogP contribution in [0.2, 0.25) is 5.02 Å². The topological polar surface area (TPSA) is 84.8 Å². The molecule has 0 saturated heterocycles. The zero-order chi connectivity index (χ0) is 14.5. The Labute approximate surface area is 120 Å². The number of aromatic carboxylic acids is 1. The van der Waals surface area contributed by atoms with E-state index in [9.17, 15) is 9.90 Å². The molecule has 0 aliphatic rings. The summed E-state index contributed by atoms with van der Waals surface area (Å²) in [5.41, 5.74) is 3.81. The first-order chi connectivity index (χ1) is 9.56. The van der Waals surface area contributed by atoms with Crippen LogP contribution in [0.25, 0.3) is 0 Å². The maximum absolute atomic E-state index is 11.1. The van der Waals surface area contributed by atoms with Gasteiger partial charge in [0.2, 0.25) is 0 Å². The summed E-state index contributed by atoms with van der Waals surface area (Å²) in [7, 11) is 0. The molecule has 102 valence electrons. The van der Waals surface area contributed by atoms with Gasteiger partial charge in [0.05, 0.1) is 22.5 Å². The van der Waals surface area contributed by atoms with E-state index in [2.05, 4.69) is 10.5 Å². The van der Waals surface area contributed by atoms with E-state index in [0.29, 0.717) is 11.3 Å². The normalized spacial score (nSPS) is 10.7. The van der Waals surface area contributed by atoms with Crippen molar-refractivity contribution in [3.8, 4) is 5.75 Å². The van der Waals surface area contributed by atoms with Gasteiger partial charge in [-0.05, 0) is 23.8 Å². The number of rotatable bonds is 4. The Balaban J connectivity index is 2.11. The van der Waals surface area contributed by atoms with Crippen molar-refractivity contribution in [1.82, 2.24) is 0 Å². The third-order valence-electron chi connectivity index (χ3n) is 2.46. The lowest BCUT2D eigenvalue weighted by atomic mass is 10.2. The second kappa shape index (κ2) is 6.08. The Hall–Kier alpha value is -2.53. The lowest BCUT2D eigenvalue weighted by molar-refractivity contribution is -0.268. The molecule has 0 fully saturated rings. The van der Waals surface area contributed by atoms with E-state index in [0.717, 1.165) is 0 Å². The molecule has 0 radical (unpaired) electrons. The Kier molecular flexibility index (Phi) is 4.22. The fourth-order valence-electron chi connectivity index (χ4n) is 1.53. The molecular weight excluding hydrogens is 280 g/mol. The monoisotopic (exact) mass is 289 g/mol. The van der Waals surface area contributed by atoms with Crippen molar-refractivity contribution in [3.05, 3.63) is 58.6 Å². The van der Waals surface area contributed by atoms with Crippen LogP contribution in [0.5, 0.6) is 5.75 Å². The Morgan fingerprint density at radius 3 is 2.80 bits per heavy atom. The minimum absolute atomic E-state index is 0.00609. The van der Waals surface area contributed by atoms with Gasteiger partial charge in [-0.2, -0.15) is 5.10 Å². The average Bonchev–Trinajstić information content (AvgIpc) is 2.40. The number of nitrogens with zero attached hydrogens (tertiary/aromatic N) is 1. The molecule has 0 unspecified atom stereocenters. The Morgan fingerprint density at radius 2 is 2.10 bits per heavy atom. The van der Waals surface area contributed by atoms with E-state index < -0.39 is 5.97 Å². The molecule has 0 aliphatic carbocycles. The highest BCUT2D eigenvalue weighted by atomic mass is 35.5. The highest BCUT2D eigenvalue weighted by Crippen LogP contribution is 2.20. The van der Waals surface area contributed by atoms with Crippen LogP contribution < -0.4 is 10.5 Å². The number of anilines is 1. The van der Waals surface area contributed by atoms with Crippen LogP contribution in [-0.2, 0) is 0 Å². The zero-order valence-electron chi connectivity index (χ0n) is 10.2. The number of hydrogen-bond acceptors (Lipinski definition) is 4. The summed E-state index contributed by atoms with van der Waals surface area (Å²) >= 11 is 5.76. The van der Waals surface area contributed by atoms with Crippen LogP contribution in [-0.4, -0.2) is 17.3 Å². The van der Waals surface area contributed by atoms with Crippen molar-refractivity contribution >= 4 is 29.5 Å². The molecule has 2 N–H and O–H groups in total. The number of hydrazone groups is 1. The van der Waals surface area contributed by atoms with Gasteiger partial charge in [-0.25, -0.2) is 4.79 Å². The number of carboxylic acid groups (broad SMARTS) is 1. The Bertz CT molecular complexity index is 671. The first-order valence-electron chi connectivity index (χ1n) is 5.65. The number of carbonyl (C=O) groups is 1. The van der Waals surface area contributed by atoms with E-state index in [-0.39, 0.29) is 16.3 Å². The van der Waals surface area contributed by atoms with Gasteiger partial charge < -0.3 is 10.2 Å². The minimum Gasteiger partial charge on any atom is -0.872 e. The molecule has 0 atom stereocenters. The van der Waals surface area contributed by atoms with Crippen LogP contribution in [0.1, 0.15) is 15.9 Å². The van der Waals surface area contributed by atoms with E-state index in [4.69, 9.17) is 16.7 Å². The fraction of sp³-hybridized carbons (Fsp3) is 0. The van der Waals surface area contributed by atoms with E-state index in [1.807, 2.05) is 0 Å². The van der Waals surface area contributed by atoms with Crippen molar-refractivity contribution in [2.45, 2.75) is 0 Å². The van der Waals surface area contributed by atoms with Crippen LogP contribution >= 0.6 is 11.6 Å². The first-order valence-corrected chi connectivity index (χ1v) is 6.03.